The molecule has 0 fully saturated rings. The normalized spacial score (nSPS) is 11.3. The molecule has 2 aromatic rings. The molecule has 5 nitrogen and oxygen atoms in total. The van der Waals surface area contributed by atoms with Crippen molar-refractivity contribution >= 4 is 29.0 Å². The molecule has 2 N–H and O–H groups in total. The molecule has 24 heavy (non-hydrogen) atoms. The Balaban J connectivity index is 2.17. The number of hydrogen-bond donors (Lipinski definition) is 2. The van der Waals surface area contributed by atoms with Gasteiger partial charge in [-0.1, -0.05) is 36.4 Å². The van der Waals surface area contributed by atoms with E-state index in [0.29, 0.717) is 10.9 Å². The molecule has 1 atom stereocenters. The van der Waals surface area contributed by atoms with Crippen LogP contribution in [0.3, 0.4) is 0 Å². The molecule has 0 aliphatic rings. The van der Waals surface area contributed by atoms with Gasteiger partial charge < -0.3 is 20.1 Å². The molecule has 0 aliphatic carbocycles. The fourth-order valence-corrected chi connectivity index (χ4v) is 2.48. The summed E-state index contributed by atoms with van der Waals surface area (Å²) in [5.41, 5.74) is 2.56. The molecular weight excluding hydrogens is 324 g/mol. The molecule has 0 saturated heterocycles. The minimum atomic E-state index is -0.688. The molecule has 0 aromatic heterocycles. The topological polar surface area (TPSA) is 59.6 Å². The van der Waals surface area contributed by atoms with Gasteiger partial charge in [0.05, 0.1) is 19.9 Å². The number of benzene rings is 2. The number of thiocarbonyl (C=S) groups is 1. The maximum atomic E-state index is 12.1. The Kier molecular flexibility index (Phi) is 6.14. The van der Waals surface area contributed by atoms with Gasteiger partial charge >= 0.3 is 5.97 Å². The lowest BCUT2D eigenvalue weighted by molar-refractivity contribution is -0.142. The Labute approximate surface area is 147 Å². The van der Waals surface area contributed by atoms with E-state index >= 15 is 0 Å². The lowest BCUT2D eigenvalue weighted by atomic mass is 10.1. The Morgan fingerprint density at radius 3 is 2.46 bits per heavy atom. The van der Waals surface area contributed by atoms with Gasteiger partial charge in [0.1, 0.15) is 5.75 Å². The van der Waals surface area contributed by atoms with Crippen molar-refractivity contribution in [1.82, 2.24) is 5.32 Å². The van der Waals surface area contributed by atoms with Gasteiger partial charge in [0.25, 0.3) is 0 Å². The van der Waals surface area contributed by atoms with Gasteiger partial charge in [-0.2, -0.15) is 0 Å². The van der Waals surface area contributed by atoms with Gasteiger partial charge in [0.15, 0.2) is 11.2 Å². The number of hydrogen-bond acceptors (Lipinski definition) is 4. The van der Waals surface area contributed by atoms with Gasteiger partial charge in [-0.25, -0.2) is 4.79 Å². The van der Waals surface area contributed by atoms with Crippen molar-refractivity contribution in [3.8, 4) is 5.75 Å². The summed E-state index contributed by atoms with van der Waals surface area (Å²) in [5.74, 6) is 0.251. The summed E-state index contributed by atoms with van der Waals surface area (Å²) in [6.07, 6.45) is 0. The van der Waals surface area contributed by atoms with E-state index in [1.165, 1.54) is 7.11 Å². The van der Waals surface area contributed by atoms with Crippen LogP contribution in [0.5, 0.6) is 5.75 Å². The zero-order valence-electron chi connectivity index (χ0n) is 13.8. The highest BCUT2D eigenvalue weighted by Crippen LogP contribution is 2.25. The summed E-state index contributed by atoms with van der Waals surface area (Å²) in [6, 6.07) is 14.3. The second-order valence-electron chi connectivity index (χ2n) is 5.17. The van der Waals surface area contributed by atoms with Crippen molar-refractivity contribution < 1.29 is 14.3 Å². The minimum absolute atomic E-state index is 0.304. The standard InChI is InChI=1S/C18H20N2O3S/c1-12-9-10-15(22-2)14(11-12)19-18(24)20-16(17(21)23-3)13-7-5-4-6-8-13/h4-11,16H,1-3H3,(H2,19,20,24). The van der Waals surface area contributed by atoms with Crippen LogP contribution in [0.1, 0.15) is 17.2 Å². The first kappa shape index (κ1) is 17.7. The van der Waals surface area contributed by atoms with Gasteiger partial charge in [-0.05, 0) is 42.4 Å². The average Bonchev–Trinajstić information content (AvgIpc) is 2.60. The van der Waals surface area contributed by atoms with Crippen molar-refractivity contribution in [3.63, 3.8) is 0 Å². The van der Waals surface area contributed by atoms with Gasteiger partial charge in [0.2, 0.25) is 0 Å². The lowest BCUT2D eigenvalue weighted by Crippen LogP contribution is -2.37. The number of ether oxygens (including phenoxy) is 2. The number of methoxy groups -OCH3 is 2. The maximum absolute atomic E-state index is 12.1. The lowest BCUT2D eigenvalue weighted by Gasteiger charge is -2.20. The molecule has 0 radical (unpaired) electrons. The monoisotopic (exact) mass is 344 g/mol. The first-order valence-corrected chi connectivity index (χ1v) is 7.81. The summed E-state index contributed by atoms with van der Waals surface area (Å²) < 4.78 is 10.2. The van der Waals surface area contributed by atoms with Crippen LogP contribution < -0.4 is 15.4 Å². The number of carbonyl (C=O) groups excluding carboxylic acids is 1. The SMILES string of the molecule is COC(=O)C(NC(=S)Nc1cc(C)ccc1OC)c1ccccc1. The summed E-state index contributed by atoms with van der Waals surface area (Å²) in [4.78, 5) is 12.1. The predicted octanol–water partition coefficient (Wildman–Crippen LogP) is 3.20. The molecular formula is C18H20N2O3S. The smallest absolute Gasteiger partial charge is 0.333 e. The molecule has 0 heterocycles. The summed E-state index contributed by atoms with van der Waals surface area (Å²) in [5, 5.41) is 6.37. The number of rotatable bonds is 5. The Morgan fingerprint density at radius 2 is 1.83 bits per heavy atom. The molecule has 0 spiro atoms. The fraction of sp³-hybridized carbons (Fsp3) is 0.222. The highest BCUT2D eigenvalue weighted by Gasteiger charge is 2.22. The summed E-state index contributed by atoms with van der Waals surface area (Å²) >= 11 is 5.34. The van der Waals surface area contributed by atoms with Gasteiger partial charge in [0, 0.05) is 0 Å². The predicted molar refractivity (Wildman–Crippen MR) is 98.3 cm³/mol. The van der Waals surface area contributed by atoms with Crippen molar-refractivity contribution in [2.45, 2.75) is 13.0 Å². The van der Waals surface area contributed by atoms with Crippen LogP contribution in [-0.2, 0) is 9.53 Å². The molecule has 0 saturated carbocycles. The highest BCUT2D eigenvalue weighted by molar-refractivity contribution is 7.80. The highest BCUT2D eigenvalue weighted by atomic mass is 32.1. The Hall–Kier alpha value is -2.60. The molecule has 1 unspecified atom stereocenters. The van der Waals surface area contributed by atoms with Gasteiger partial charge in [-0.15, -0.1) is 0 Å². The van der Waals surface area contributed by atoms with Crippen LogP contribution in [0, 0.1) is 6.92 Å². The third kappa shape index (κ3) is 4.45. The fourth-order valence-electron chi connectivity index (χ4n) is 2.25. The van der Waals surface area contributed by atoms with E-state index in [0.717, 1.165) is 16.8 Å². The average molecular weight is 344 g/mol. The number of carbonyl (C=O) groups is 1. The van der Waals surface area contributed by atoms with Crippen LogP contribution in [0.2, 0.25) is 0 Å². The maximum Gasteiger partial charge on any atom is 0.333 e. The number of esters is 1. The second-order valence-corrected chi connectivity index (χ2v) is 5.58. The van der Waals surface area contributed by atoms with Crippen molar-refractivity contribution in [1.29, 1.82) is 0 Å². The Morgan fingerprint density at radius 1 is 1.12 bits per heavy atom. The molecule has 0 aliphatic heterocycles. The van der Waals surface area contributed by atoms with Crippen LogP contribution in [0.15, 0.2) is 48.5 Å². The third-order valence-electron chi connectivity index (χ3n) is 3.45. The molecule has 2 rings (SSSR count). The summed E-state index contributed by atoms with van der Waals surface area (Å²) in [7, 11) is 2.94. The van der Waals surface area contributed by atoms with E-state index in [2.05, 4.69) is 10.6 Å². The Bertz CT molecular complexity index is 719. The zero-order valence-corrected chi connectivity index (χ0v) is 14.6. The van der Waals surface area contributed by atoms with E-state index in [-0.39, 0.29) is 0 Å². The van der Waals surface area contributed by atoms with Crippen molar-refractivity contribution in [3.05, 3.63) is 59.7 Å². The number of anilines is 1. The first-order valence-electron chi connectivity index (χ1n) is 7.40. The van der Waals surface area contributed by atoms with E-state index in [1.54, 1.807) is 7.11 Å². The first-order chi connectivity index (χ1) is 11.5. The van der Waals surface area contributed by atoms with Crippen LogP contribution >= 0.6 is 12.2 Å². The molecule has 0 amide bonds. The van der Waals surface area contributed by atoms with Gasteiger partial charge in [-0.3, -0.25) is 0 Å². The molecule has 2 aromatic carbocycles. The van der Waals surface area contributed by atoms with E-state index in [9.17, 15) is 4.79 Å². The van der Waals surface area contributed by atoms with E-state index < -0.39 is 12.0 Å². The molecule has 126 valence electrons. The van der Waals surface area contributed by atoms with Crippen LogP contribution in [0.4, 0.5) is 5.69 Å². The number of aryl methyl sites for hydroxylation is 1. The quantitative estimate of drug-likeness (QED) is 0.642. The zero-order chi connectivity index (χ0) is 17.5. The van der Waals surface area contributed by atoms with E-state index in [4.69, 9.17) is 21.7 Å². The summed E-state index contributed by atoms with van der Waals surface area (Å²) in [6.45, 7) is 1.97. The van der Waals surface area contributed by atoms with Crippen molar-refractivity contribution in [2.24, 2.45) is 0 Å². The largest absolute Gasteiger partial charge is 0.495 e. The van der Waals surface area contributed by atoms with Crippen LogP contribution in [-0.4, -0.2) is 25.3 Å². The number of nitrogens with one attached hydrogen (secondary N) is 2. The van der Waals surface area contributed by atoms with Crippen molar-refractivity contribution in [2.75, 3.05) is 19.5 Å². The van der Waals surface area contributed by atoms with E-state index in [1.807, 2.05) is 55.5 Å². The second kappa shape index (κ2) is 8.31. The molecule has 0 bridgehead atoms. The molecule has 6 heteroatoms. The minimum Gasteiger partial charge on any atom is -0.495 e. The van der Waals surface area contributed by atoms with Crippen LogP contribution in [0.25, 0.3) is 0 Å². The third-order valence-corrected chi connectivity index (χ3v) is 3.67.